The molecule has 0 saturated carbocycles. The SMILES string of the molecule is COc1ccccc1N1CCN(C(=O)[C@@H]2CCCN(S(=O)(=O)Cc3ccc(Cl)cc3Cl)C2)CC1. The van der Waals surface area contributed by atoms with Gasteiger partial charge in [0.05, 0.1) is 24.5 Å². The van der Waals surface area contributed by atoms with Gasteiger partial charge in [-0.1, -0.05) is 41.4 Å². The van der Waals surface area contributed by atoms with Crippen LogP contribution in [0.1, 0.15) is 18.4 Å². The summed E-state index contributed by atoms with van der Waals surface area (Å²) in [6.07, 6.45) is 1.35. The maximum atomic E-state index is 13.3. The summed E-state index contributed by atoms with van der Waals surface area (Å²) >= 11 is 12.1. The van der Waals surface area contributed by atoms with Gasteiger partial charge in [-0.05, 0) is 42.7 Å². The van der Waals surface area contributed by atoms with Gasteiger partial charge in [-0.2, -0.15) is 0 Å². The highest BCUT2D eigenvalue weighted by Gasteiger charge is 2.35. The van der Waals surface area contributed by atoms with E-state index in [1.807, 2.05) is 29.2 Å². The van der Waals surface area contributed by atoms with Gasteiger partial charge in [0.1, 0.15) is 5.75 Å². The zero-order valence-corrected chi connectivity index (χ0v) is 21.4. The minimum absolute atomic E-state index is 0.0316. The highest BCUT2D eigenvalue weighted by Crippen LogP contribution is 2.30. The molecule has 0 spiro atoms. The van der Waals surface area contributed by atoms with Crippen molar-refractivity contribution < 1.29 is 17.9 Å². The molecule has 34 heavy (non-hydrogen) atoms. The number of nitrogens with zero attached hydrogens (tertiary/aromatic N) is 3. The number of sulfonamides is 1. The minimum atomic E-state index is -3.61. The van der Waals surface area contributed by atoms with Crippen molar-refractivity contribution in [1.82, 2.24) is 9.21 Å². The first-order valence-electron chi connectivity index (χ1n) is 11.4. The largest absolute Gasteiger partial charge is 0.495 e. The Bertz CT molecular complexity index is 1140. The van der Waals surface area contributed by atoms with Gasteiger partial charge in [0.15, 0.2) is 0 Å². The Labute approximate surface area is 211 Å². The molecule has 0 bridgehead atoms. The number of carbonyl (C=O) groups is 1. The lowest BCUT2D eigenvalue weighted by Gasteiger charge is -2.39. The fourth-order valence-electron chi connectivity index (χ4n) is 4.64. The Kier molecular flexibility index (Phi) is 7.92. The van der Waals surface area contributed by atoms with E-state index in [-0.39, 0.29) is 24.1 Å². The van der Waals surface area contributed by atoms with E-state index < -0.39 is 10.0 Å². The molecule has 2 aromatic rings. The monoisotopic (exact) mass is 525 g/mol. The summed E-state index contributed by atoms with van der Waals surface area (Å²) in [4.78, 5) is 17.3. The number of benzene rings is 2. The standard InChI is InChI=1S/C24H29Cl2N3O4S/c1-33-23-7-3-2-6-22(23)27-11-13-28(14-12-27)24(30)18-5-4-10-29(16-18)34(31,32)17-19-8-9-20(25)15-21(19)26/h2-3,6-9,15,18H,4-5,10-14,16-17H2,1H3/t18-/m1/s1. The number of rotatable bonds is 6. The molecule has 184 valence electrons. The average Bonchev–Trinajstić information content (AvgIpc) is 2.85. The second-order valence-corrected chi connectivity index (χ2v) is 11.5. The van der Waals surface area contributed by atoms with Crippen LogP contribution in [0.3, 0.4) is 0 Å². The number of piperazine rings is 1. The maximum absolute atomic E-state index is 13.3. The first-order valence-corrected chi connectivity index (χ1v) is 13.7. The second-order valence-electron chi connectivity index (χ2n) is 8.67. The summed E-state index contributed by atoms with van der Waals surface area (Å²) < 4.78 is 33.1. The van der Waals surface area contributed by atoms with Crippen LogP contribution in [0.2, 0.25) is 10.0 Å². The van der Waals surface area contributed by atoms with Crippen LogP contribution in [-0.2, 0) is 20.6 Å². The predicted molar refractivity (Wildman–Crippen MR) is 135 cm³/mol. The highest BCUT2D eigenvalue weighted by atomic mass is 35.5. The van der Waals surface area contributed by atoms with Crippen molar-refractivity contribution in [2.24, 2.45) is 5.92 Å². The van der Waals surface area contributed by atoms with E-state index in [0.29, 0.717) is 61.2 Å². The number of piperidine rings is 1. The molecule has 10 heteroatoms. The second kappa shape index (κ2) is 10.7. The summed E-state index contributed by atoms with van der Waals surface area (Å²) in [5.41, 5.74) is 1.53. The third-order valence-corrected chi connectivity index (χ3v) is 8.88. The Morgan fingerprint density at radius 3 is 2.50 bits per heavy atom. The lowest BCUT2D eigenvalue weighted by atomic mass is 9.97. The lowest BCUT2D eigenvalue weighted by molar-refractivity contribution is -0.137. The van der Waals surface area contributed by atoms with Crippen LogP contribution in [0.4, 0.5) is 5.69 Å². The zero-order valence-electron chi connectivity index (χ0n) is 19.1. The van der Waals surface area contributed by atoms with Crippen molar-refractivity contribution in [3.05, 3.63) is 58.1 Å². The van der Waals surface area contributed by atoms with E-state index in [4.69, 9.17) is 27.9 Å². The summed E-state index contributed by atoms with van der Waals surface area (Å²) in [5, 5.41) is 0.786. The molecule has 1 amide bonds. The maximum Gasteiger partial charge on any atom is 0.227 e. The van der Waals surface area contributed by atoms with Crippen LogP contribution in [0.25, 0.3) is 0 Å². The van der Waals surface area contributed by atoms with Crippen molar-refractivity contribution in [2.75, 3.05) is 51.3 Å². The number of amides is 1. The molecule has 7 nitrogen and oxygen atoms in total. The highest BCUT2D eigenvalue weighted by molar-refractivity contribution is 7.88. The first kappa shape index (κ1) is 25.1. The Morgan fingerprint density at radius 2 is 1.79 bits per heavy atom. The quantitative estimate of drug-likeness (QED) is 0.572. The Balaban J connectivity index is 1.37. The number of hydrogen-bond acceptors (Lipinski definition) is 5. The predicted octanol–water partition coefficient (Wildman–Crippen LogP) is 3.89. The number of carbonyl (C=O) groups excluding carboxylic acids is 1. The minimum Gasteiger partial charge on any atom is -0.495 e. The van der Waals surface area contributed by atoms with E-state index in [9.17, 15) is 13.2 Å². The van der Waals surface area contributed by atoms with Gasteiger partial charge < -0.3 is 14.5 Å². The third kappa shape index (κ3) is 5.62. The van der Waals surface area contributed by atoms with Gasteiger partial charge in [-0.25, -0.2) is 12.7 Å². The van der Waals surface area contributed by atoms with Gasteiger partial charge in [-0.15, -0.1) is 0 Å². The summed E-state index contributed by atoms with van der Waals surface area (Å²) in [6, 6.07) is 12.7. The summed E-state index contributed by atoms with van der Waals surface area (Å²) in [5.74, 6) is 0.309. The van der Waals surface area contributed by atoms with Gasteiger partial charge in [0.25, 0.3) is 0 Å². The molecule has 0 unspecified atom stereocenters. The molecule has 0 N–H and O–H groups in total. The normalized spacial score (nSPS) is 19.8. The molecule has 2 aliphatic rings. The number of methoxy groups -OCH3 is 1. The van der Waals surface area contributed by atoms with Crippen molar-refractivity contribution in [1.29, 1.82) is 0 Å². The topological polar surface area (TPSA) is 70.2 Å². The van der Waals surface area contributed by atoms with E-state index >= 15 is 0 Å². The molecule has 2 aromatic carbocycles. The molecule has 0 aliphatic carbocycles. The lowest BCUT2D eigenvalue weighted by Crippen LogP contribution is -2.53. The van der Waals surface area contributed by atoms with E-state index in [0.717, 1.165) is 11.4 Å². The molecule has 1 atom stereocenters. The number of ether oxygens (including phenoxy) is 1. The summed E-state index contributed by atoms with van der Waals surface area (Å²) in [6.45, 7) is 3.23. The van der Waals surface area contributed by atoms with Gasteiger partial charge in [0, 0.05) is 49.3 Å². The molecule has 0 aromatic heterocycles. The van der Waals surface area contributed by atoms with Crippen LogP contribution in [0, 0.1) is 5.92 Å². The van der Waals surface area contributed by atoms with Crippen molar-refractivity contribution in [3.8, 4) is 5.75 Å². The van der Waals surface area contributed by atoms with Crippen LogP contribution in [0.15, 0.2) is 42.5 Å². The van der Waals surface area contributed by atoms with Crippen LogP contribution >= 0.6 is 23.2 Å². The Morgan fingerprint density at radius 1 is 1.06 bits per heavy atom. The van der Waals surface area contributed by atoms with Crippen LogP contribution < -0.4 is 9.64 Å². The molecule has 0 radical (unpaired) electrons. The van der Waals surface area contributed by atoms with E-state index in [1.165, 1.54) is 4.31 Å². The number of hydrogen-bond donors (Lipinski definition) is 0. The van der Waals surface area contributed by atoms with Gasteiger partial charge in [-0.3, -0.25) is 4.79 Å². The number of anilines is 1. The average molecular weight is 526 g/mol. The summed E-state index contributed by atoms with van der Waals surface area (Å²) in [7, 11) is -1.95. The van der Waals surface area contributed by atoms with E-state index in [2.05, 4.69) is 4.90 Å². The van der Waals surface area contributed by atoms with Crippen LogP contribution in [-0.4, -0.2) is 69.9 Å². The number of para-hydroxylation sites is 2. The molecular weight excluding hydrogens is 497 g/mol. The van der Waals surface area contributed by atoms with E-state index in [1.54, 1.807) is 25.3 Å². The van der Waals surface area contributed by atoms with Gasteiger partial charge >= 0.3 is 0 Å². The first-order chi connectivity index (χ1) is 16.3. The van der Waals surface area contributed by atoms with Crippen LogP contribution in [0.5, 0.6) is 5.75 Å². The number of halogens is 2. The van der Waals surface area contributed by atoms with Crippen molar-refractivity contribution in [3.63, 3.8) is 0 Å². The van der Waals surface area contributed by atoms with Gasteiger partial charge in [0.2, 0.25) is 15.9 Å². The fourth-order valence-corrected chi connectivity index (χ4v) is 6.84. The molecular formula is C24H29Cl2N3O4S. The Hall–Kier alpha value is -2.00. The van der Waals surface area contributed by atoms with Crippen molar-refractivity contribution in [2.45, 2.75) is 18.6 Å². The molecule has 2 saturated heterocycles. The zero-order chi connectivity index (χ0) is 24.3. The molecule has 4 rings (SSSR count). The van der Waals surface area contributed by atoms with Crippen molar-refractivity contribution >= 4 is 44.8 Å². The molecule has 2 aliphatic heterocycles. The molecule has 2 heterocycles. The smallest absolute Gasteiger partial charge is 0.227 e. The fraction of sp³-hybridized carbons (Fsp3) is 0.458. The third-order valence-electron chi connectivity index (χ3n) is 6.50. The molecule has 2 fully saturated rings.